The van der Waals surface area contributed by atoms with Gasteiger partial charge in [-0.3, -0.25) is 9.69 Å². The molecule has 0 aliphatic carbocycles. The van der Waals surface area contributed by atoms with Gasteiger partial charge in [-0.15, -0.1) is 11.3 Å². The van der Waals surface area contributed by atoms with E-state index < -0.39 is 0 Å². The highest BCUT2D eigenvalue weighted by atomic mass is 32.1. The average molecular weight is 427 g/mol. The number of carbonyl (C=O) groups excluding carboxylic acids is 1. The molecule has 2 aromatic heterocycles. The quantitative estimate of drug-likeness (QED) is 0.693. The van der Waals surface area contributed by atoms with Gasteiger partial charge in [0.2, 0.25) is 5.91 Å². The number of benzene rings is 1. The molecule has 1 spiro atoms. The lowest BCUT2D eigenvalue weighted by Gasteiger charge is -2.56. The summed E-state index contributed by atoms with van der Waals surface area (Å²) >= 11 is 1.67. The summed E-state index contributed by atoms with van der Waals surface area (Å²) in [6, 6.07) is 5.82. The number of thiazole rings is 1. The van der Waals surface area contributed by atoms with E-state index in [0.29, 0.717) is 6.54 Å². The van der Waals surface area contributed by atoms with Gasteiger partial charge in [0, 0.05) is 67.7 Å². The number of nitrogens with zero attached hydrogens (tertiary/aromatic N) is 4. The first kappa shape index (κ1) is 19.5. The van der Waals surface area contributed by atoms with Crippen LogP contribution in [0.15, 0.2) is 29.8 Å². The summed E-state index contributed by atoms with van der Waals surface area (Å²) in [6.45, 7) is 4.70. The van der Waals surface area contributed by atoms with Crippen molar-refractivity contribution in [2.45, 2.75) is 24.9 Å². The molecule has 30 heavy (non-hydrogen) atoms. The van der Waals surface area contributed by atoms with E-state index in [9.17, 15) is 9.90 Å². The Kier molecular flexibility index (Phi) is 4.61. The normalized spacial score (nSPS) is 20.4. The summed E-state index contributed by atoms with van der Waals surface area (Å²) in [6.07, 6.45) is 1.84. The molecule has 2 aliphatic rings. The number of rotatable bonds is 4. The number of methoxy groups -OCH3 is 1. The van der Waals surface area contributed by atoms with E-state index >= 15 is 0 Å². The number of carbonyl (C=O) groups is 1. The van der Waals surface area contributed by atoms with Crippen LogP contribution in [0.25, 0.3) is 10.9 Å². The van der Waals surface area contributed by atoms with E-state index in [0.717, 1.165) is 41.6 Å². The van der Waals surface area contributed by atoms with Crippen LogP contribution in [0.5, 0.6) is 5.75 Å². The fourth-order valence-electron chi connectivity index (χ4n) is 5.39. The number of fused-ring (bicyclic) bond motifs is 4. The van der Waals surface area contributed by atoms with Crippen LogP contribution >= 0.6 is 11.3 Å². The molecule has 0 saturated carbocycles. The molecule has 158 valence electrons. The Morgan fingerprint density at radius 2 is 2.17 bits per heavy atom. The third-order valence-electron chi connectivity index (χ3n) is 6.62. The predicted octanol–water partition coefficient (Wildman–Crippen LogP) is 2.29. The van der Waals surface area contributed by atoms with Crippen molar-refractivity contribution in [2.75, 3.05) is 33.4 Å². The number of aliphatic hydroxyl groups excluding tert-OH is 1. The second-order valence-electron chi connectivity index (χ2n) is 8.40. The standard InChI is InChI=1S/C22H26N4O3S/c1-14(28)26-13-22(11-25(12-22)9-19-23-6-7-30-19)20-16-5-4-15(29-3)8-17(16)24(2)21(20)18(26)10-27/h4-8,18,27H,9-13H2,1-3H3/t18-/m0/s1. The Hall–Kier alpha value is -2.42. The molecule has 0 unspecified atom stereocenters. The zero-order valence-electron chi connectivity index (χ0n) is 17.5. The second kappa shape index (κ2) is 7.08. The van der Waals surface area contributed by atoms with Crippen LogP contribution in [0.2, 0.25) is 0 Å². The molecule has 3 aromatic rings. The van der Waals surface area contributed by atoms with E-state index in [-0.39, 0.29) is 24.0 Å². The van der Waals surface area contributed by atoms with Gasteiger partial charge in [0.1, 0.15) is 10.8 Å². The number of hydrogen-bond acceptors (Lipinski definition) is 6. The van der Waals surface area contributed by atoms with Crippen LogP contribution in [-0.4, -0.2) is 63.7 Å². The van der Waals surface area contributed by atoms with Crippen molar-refractivity contribution >= 4 is 28.1 Å². The van der Waals surface area contributed by atoms with Crippen LogP contribution in [0.3, 0.4) is 0 Å². The molecule has 0 radical (unpaired) electrons. The Bertz CT molecular complexity index is 1100. The molecule has 1 N–H and O–H groups in total. The van der Waals surface area contributed by atoms with Crippen molar-refractivity contribution in [2.24, 2.45) is 7.05 Å². The van der Waals surface area contributed by atoms with Gasteiger partial charge in [-0.2, -0.15) is 0 Å². The van der Waals surface area contributed by atoms with E-state index in [1.165, 1.54) is 10.9 Å². The first-order valence-electron chi connectivity index (χ1n) is 10.1. The molecular weight excluding hydrogens is 400 g/mol. The van der Waals surface area contributed by atoms with Gasteiger partial charge in [-0.25, -0.2) is 4.98 Å². The van der Waals surface area contributed by atoms with Crippen molar-refractivity contribution in [1.29, 1.82) is 0 Å². The zero-order valence-corrected chi connectivity index (χ0v) is 18.3. The molecule has 0 bridgehead atoms. The van der Waals surface area contributed by atoms with Gasteiger partial charge in [0.25, 0.3) is 0 Å². The number of likely N-dealkylation sites (tertiary alicyclic amines) is 1. The lowest BCUT2D eigenvalue weighted by atomic mass is 9.68. The number of ether oxygens (including phenoxy) is 1. The van der Waals surface area contributed by atoms with Crippen molar-refractivity contribution in [3.8, 4) is 5.75 Å². The summed E-state index contributed by atoms with van der Waals surface area (Å²) in [5.74, 6) is 0.803. The minimum absolute atomic E-state index is 0.000264. The maximum Gasteiger partial charge on any atom is 0.220 e. The average Bonchev–Trinajstić information content (AvgIpc) is 3.33. The van der Waals surface area contributed by atoms with Crippen molar-refractivity contribution in [3.63, 3.8) is 0 Å². The Labute approximate surface area is 179 Å². The maximum absolute atomic E-state index is 12.5. The highest BCUT2D eigenvalue weighted by Crippen LogP contribution is 2.49. The van der Waals surface area contributed by atoms with Gasteiger partial charge in [-0.05, 0) is 17.7 Å². The van der Waals surface area contributed by atoms with Gasteiger partial charge in [-0.1, -0.05) is 0 Å². The number of amides is 1. The SMILES string of the molecule is COc1ccc2c3c(n(C)c2c1)[C@H](CO)N(C(C)=O)CC31CN(Cc2nccs2)C1. The minimum Gasteiger partial charge on any atom is -0.497 e. The monoisotopic (exact) mass is 426 g/mol. The van der Waals surface area contributed by atoms with E-state index in [4.69, 9.17) is 4.74 Å². The van der Waals surface area contributed by atoms with Crippen LogP contribution in [0.1, 0.15) is 29.2 Å². The molecule has 1 saturated heterocycles. The maximum atomic E-state index is 12.5. The van der Waals surface area contributed by atoms with Crippen molar-refractivity contribution < 1.29 is 14.6 Å². The molecular formula is C22H26N4O3S. The fourth-order valence-corrected chi connectivity index (χ4v) is 6.05. The van der Waals surface area contributed by atoms with Gasteiger partial charge in [0.05, 0.1) is 31.8 Å². The molecule has 4 heterocycles. The molecule has 2 aliphatic heterocycles. The first-order valence-corrected chi connectivity index (χ1v) is 11.0. The number of aryl methyl sites for hydroxylation is 1. The first-order chi connectivity index (χ1) is 14.5. The molecule has 8 heteroatoms. The van der Waals surface area contributed by atoms with Crippen molar-refractivity contribution in [1.82, 2.24) is 19.4 Å². The summed E-state index contributed by atoms with van der Waals surface area (Å²) < 4.78 is 7.58. The third kappa shape index (κ3) is 2.78. The van der Waals surface area contributed by atoms with Crippen LogP contribution < -0.4 is 4.74 Å². The third-order valence-corrected chi connectivity index (χ3v) is 7.38. The zero-order chi connectivity index (χ0) is 21.0. The highest BCUT2D eigenvalue weighted by molar-refractivity contribution is 7.09. The molecule has 1 fully saturated rings. The second-order valence-corrected chi connectivity index (χ2v) is 9.38. The van der Waals surface area contributed by atoms with E-state index in [1.807, 2.05) is 35.7 Å². The van der Waals surface area contributed by atoms with Gasteiger partial charge >= 0.3 is 0 Å². The summed E-state index contributed by atoms with van der Waals surface area (Å²) in [5, 5.41) is 14.5. The predicted molar refractivity (Wildman–Crippen MR) is 116 cm³/mol. The van der Waals surface area contributed by atoms with Gasteiger partial charge < -0.3 is 19.3 Å². The molecule has 1 aromatic carbocycles. The van der Waals surface area contributed by atoms with Gasteiger partial charge in [0.15, 0.2) is 0 Å². The lowest BCUT2D eigenvalue weighted by molar-refractivity contribution is -0.136. The molecule has 5 rings (SSSR count). The van der Waals surface area contributed by atoms with E-state index in [2.05, 4.69) is 20.5 Å². The Morgan fingerprint density at radius 3 is 2.80 bits per heavy atom. The molecule has 7 nitrogen and oxygen atoms in total. The molecule has 1 amide bonds. The van der Waals surface area contributed by atoms with E-state index in [1.54, 1.807) is 25.4 Å². The number of aliphatic hydroxyl groups is 1. The van der Waals surface area contributed by atoms with Crippen LogP contribution in [-0.2, 0) is 23.8 Å². The Morgan fingerprint density at radius 1 is 1.37 bits per heavy atom. The summed E-state index contributed by atoms with van der Waals surface area (Å²) in [7, 11) is 3.69. The summed E-state index contributed by atoms with van der Waals surface area (Å²) in [4.78, 5) is 21.2. The number of hydrogen-bond donors (Lipinski definition) is 1. The minimum atomic E-state index is -0.334. The topological polar surface area (TPSA) is 70.8 Å². The lowest BCUT2D eigenvalue weighted by Crippen LogP contribution is -2.66. The molecule has 1 atom stereocenters. The van der Waals surface area contributed by atoms with Crippen molar-refractivity contribution in [3.05, 3.63) is 46.0 Å². The highest BCUT2D eigenvalue weighted by Gasteiger charge is 2.53. The Balaban J connectivity index is 1.63. The summed E-state index contributed by atoms with van der Waals surface area (Å²) in [5.41, 5.74) is 3.24. The fraction of sp³-hybridized carbons (Fsp3) is 0.455. The number of aromatic nitrogens is 2. The van der Waals surface area contributed by atoms with Crippen LogP contribution in [0, 0.1) is 0 Å². The smallest absolute Gasteiger partial charge is 0.220 e. The largest absolute Gasteiger partial charge is 0.497 e. The van der Waals surface area contributed by atoms with Crippen LogP contribution in [0.4, 0.5) is 0 Å².